The van der Waals surface area contributed by atoms with Crippen molar-refractivity contribution in [2.24, 2.45) is 11.8 Å². The second kappa shape index (κ2) is 9.85. The van der Waals surface area contributed by atoms with Crippen molar-refractivity contribution in [2.45, 2.75) is 50.2 Å². The molecule has 2 aromatic carbocycles. The standard InChI is InChI=1S/C26H34N2O4S/c1-27(2)26(29)21-11-8-19(9-12-21)18-32-24-13-10-20(14-25(24)33(3,30)31)15-28-16-22-6-4-5-7-23(22)17-28/h4-7,10,13-14,19,21H,8-9,11-12,15-18H2,1-3H3. The molecule has 1 aliphatic carbocycles. The van der Waals surface area contributed by atoms with Crippen LogP contribution < -0.4 is 4.74 Å². The highest BCUT2D eigenvalue weighted by atomic mass is 32.2. The number of hydrogen-bond acceptors (Lipinski definition) is 5. The van der Waals surface area contributed by atoms with Crippen LogP contribution in [0.25, 0.3) is 0 Å². The number of amides is 1. The minimum Gasteiger partial charge on any atom is -0.492 e. The summed E-state index contributed by atoms with van der Waals surface area (Å²) >= 11 is 0. The first-order valence-corrected chi connectivity index (χ1v) is 13.6. The molecule has 1 heterocycles. The van der Waals surface area contributed by atoms with E-state index in [1.807, 2.05) is 6.07 Å². The fourth-order valence-corrected chi connectivity index (χ4v) is 5.84. The van der Waals surface area contributed by atoms with E-state index in [-0.39, 0.29) is 16.7 Å². The molecule has 178 valence electrons. The summed E-state index contributed by atoms with van der Waals surface area (Å²) in [6.45, 7) is 2.93. The van der Waals surface area contributed by atoms with Gasteiger partial charge in [0.1, 0.15) is 10.6 Å². The molecule has 0 aromatic heterocycles. The maximum Gasteiger partial charge on any atom is 0.225 e. The molecule has 0 radical (unpaired) electrons. The minimum absolute atomic E-state index is 0.0961. The lowest BCUT2D eigenvalue weighted by Crippen LogP contribution is -2.33. The monoisotopic (exact) mass is 470 g/mol. The summed E-state index contributed by atoms with van der Waals surface area (Å²) in [7, 11) is 0.185. The van der Waals surface area contributed by atoms with E-state index in [0.717, 1.165) is 44.3 Å². The van der Waals surface area contributed by atoms with Crippen LogP contribution in [-0.2, 0) is 34.3 Å². The van der Waals surface area contributed by atoms with Crippen LogP contribution in [-0.4, -0.2) is 51.1 Å². The van der Waals surface area contributed by atoms with Gasteiger partial charge in [0.25, 0.3) is 0 Å². The molecule has 0 saturated heterocycles. The van der Waals surface area contributed by atoms with Gasteiger partial charge in [0.2, 0.25) is 5.91 Å². The van der Waals surface area contributed by atoms with Crippen molar-refractivity contribution in [3.63, 3.8) is 0 Å². The van der Waals surface area contributed by atoms with Gasteiger partial charge in [-0.15, -0.1) is 0 Å². The zero-order valence-electron chi connectivity index (χ0n) is 19.8. The molecule has 1 fully saturated rings. The number of nitrogens with zero attached hydrogens (tertiary/aromatic N) is 2. The van der Waals surface area contributed by atoms with Gasteiger partial charge < -0.3 is 9.64 Å². The molecule has 0 unspecified atom stereocenters. The van der Waals surface area contributed by atoms with Crippen molar-refractivity contribution in [1.82, 2.24) is 9.80 Å². The molecule has 7 heteroatoms. The number of benzene rings is 2. The predicted octanol–water partition coefficient (Wildman–Crippen LogP) is 3.88. The van der Waals surface area contributed by atoms with Crippen LogP contribution in [0.4, 0.5) is 0 Å². The van der Waals surface area contributed by atoms with Gasteiger partial charge in [-0.2, -0.15) is 0 Å². The van der Waals surface area contributed by atoms with E-state index in [9.17, 15) is 13.2 Å². The van der Waals surface area contributed by atoms with Gasteiger partial charge in [-0.3, -0.25) is 9.69 Å². The maximum atomic E-state index is 12.5. The highest BCUT2D eigenvalue weighted by Crippen LogP contribution is 2.32. The zero-order valence-corrected chi connectivity index (χ0v) is 20.6. The van der Waals surface area contributed by atoms with E-state index in [1.165, 1.54) is 17.4 Å². The van der Waals surface area contributed by atoms with Gasteiger partial charge >= 0.3 is 0 Å². The van der Waals surface area contributed by atoms with E-state index >= 15 is 0 Å². The van der Waals surface area contributed by atoms with Crippen molar-refractivity contribution >= 4 is 15.7 Å². The fourth-order valence-electron chi connectivity index (χ4n) is 4.98. The van der Waals surface area contributed by atoms with Crippen molar-refractivity contribution in [3.05, 3.63) is 59.2 Å². The Hall–Kier alpha value is -2.38. The Morgan fingerprint density at radius 2 is 1.67 bits per heavy atom. The fraction of sp³-hybridized carbons (Fsp3) is 0.500. The predicted molar refractivity (Wildman–Crippen MR) is 129 cm³/mol. The van der Waals surface area contributed by atoms with Crippen molar-refractivity contribution in [3.8, 4) is 5.75 Å². The van der Waals surface area contributed by atoms with E-state index in [1.54, 1.807) is 31.1 Å². The molecule has 1 amide bonds. The molecule has 6 nitrogen and oxygen atoms in total. The smallest absolute Gasteiger partial charge is 0.225 e. The highest BCUT2D eigenvalue weighted by molar-refractivity contribution is 7.90. The Balaban J connectivity index is 1.38. The molecule has 2 aromatic rings. The lowest BCUT2D eigenvalue weighted by Gasteiger charge is -2.29. The van der Waals surface area contributed by atoms with Crippen LogP contribution in [0.2, 0.25) is 0 Å². The molecule has 0 bridgehead atoms. The molecule has 0 spiro atoms. The van der Waals surface area contributed by atoms with Gasteiger partial charge in [-0.05, 0) is 60.4 Å². The van der Waals surface area contributed by atoms with Gasteiger partial charge in [0.05, 0.1) is 6.61 Å². The largest absolute Gasteiger partial charge is 0.492 e. The van der Waals surface area contributed by atoms with Crippen molar-refractivity contribution in [1.29, 1.82) is 0 Å². The third-order valence-electron chi connectivity index (χ3n) is 6.83. The van der Waals surface area contributed by atoms with Crippen LogP contribution in [0.3, 0.4) is 0 Å². The summed E-state index contributed by atoms with van der Waals surface area (Å²) in [4.78, 5) is 16.4. The van der Waals surface area contributed by atoms with Crippen LogP contribution in [0, 0.1) is 11.8 Å². The molecular formula is C26H34N2O4S. The van der Waals surface area contributed by atoms with E-state index in [2.05, 4.69) is 29.2 Å². The quantitative estimate of drug-likeness (QED) is 0.614. The summed E-state index contributed by atoms with van der Waals surface area (Å²) in [5, 5.41) is 0. The second-order valence-electron chi connectivity index (χ2n) is 9.73. The van der Waals surface area contributed by atoms with Crippen LogP contribution >= 0.6 is 0 Å². The molecule has 0 atom stereocenters. The molecule has 4 rings (SSSR count). The molecule has 2 aliphatic rings. The van der Waals surface area contributed by atoms with Crippen LogP contribution in [0.5, 0.6) is 5.75 Å². The molecule has 0 N–H and O–H groups in total. The molecular weight excluding hydrogens is 436 g/mol. The second-order valence-corrected chi connectivity index (χ2v) is 11.7. The highest BCUT2D eigenvalue weighted by Gasteiger charge is 2.28. The minimum atomic E-state index is -3.42. The summed E-state index contributed by atoms with van der Waals surface area (Å²) in [6, 6.07) is 14.0. The zero-order chi connectivity index (χ0) is 23.6. The molecule has 1 aliphatic heterocycles. The number of hydrogen-bond donors (Lipinski definition) is 0. The van der Waals surface area contributed by atoms with Crippen molar-refractivity contribution in [2.75, 3.05) is 27.0 Å². The number of carbonyl (C=O) groups excluding carboxylic acids is 1. The first-order valence-electron chi connectivity index (χ1n) is 11.7. The Kier molecular flexibility index (Phi) is 7.10. The first kappa shape index (κ1) is 23.8. The van der Waals surface area contributed by atoms with E-state index in [0.29, 0.717) is 24.8 Å². The SMILES string of the molecule is CN(C)C(=O)C1CCC(COc2ccc(CN3Cc4ccccc4C3)cc2S(C)(=O)=O)CC1. The van der Waals surface area contributed by atoms with E-state index < -0.39 is 9.84 Å². The van der Waals surface area contributed by atoms with Gasteiger partial charge in [0, 0.05) is 45.9 Å². The molecule has 33 heavy (non-hydrogen) atoms. The van der Waals surface area contributed by atoms with Gasteiger partial charge in [-0.25, -0.2) is 8.42 Å². The summed E-state index contributed by atoms with van der Waals surface area (Å²) in [5.74, 6) is 1.06. The third-order valence-corrected chi connectivity index (χ3v) is 7.95. The Bertz CT molecular complexity index is 1080. The van der Waals surface area contributed by atoms with E-state index in [4.69, 9.17) is 4.74 Å². The first-order chi connectivity index (χ1) is 15.7. The number of rotatable bonds is 7. The van der Waals surface area contributed by atoms with Crippen molar-refractivity contribution < 1.29 is 17.9 Å². The van der Waals surface area contributed by atoms with Crippen LogP contribution in [0.1, 0.15) is 42.4 Å². The number of carbonyl (C=O) groups is 1. The average molecular weight is 471 g/mol. The van der Waals surface area contributed by atoms with Gasteiger partial charge in [0.15, 0.2) is 9.84 Å². The maximum absolute atomic E-state index is 12.5. The Morgan fingerprint density at radius 3 is 2.24 bits per heavy atom. The number of sulfone groups is 1. The summed E-state index contributed by atoms with van der Waals surface area (Å²) in [5.41, 5.74) is 3.64. The lowest BCUT2D eigenvalue weighted by molar-refractivity contribution is -0.134. The summed E-state index contributed by atoms with van der Waals surface area (Å²) < 4.78 is 31.1. The third kappa shape index (κ3) is 5.76. The van der Waals surface area contributed by atoms with Crippen LogP contribution in [0.15, 0.2) is 47.4 Å². The normalized spacial score (nSPS) is 20.9. The van der Waals surface area contributed by atoms with Gasteiger partial charge in [-0.1, -0.05) is 30.3 Å². The Labute approximate surface area is 197 Å². The average Bonchev–Trinajstić information content (AvgIpc) is 3.19. The summed E-state index contributed by atoms with van der Waals surface area (Å²) in [6.07, 6.45) is 4.81. The lowest BCUT2D eigenvalue weighted by atomic mass is 9.82. The number of ether oxygens (including phenoxy) is 1. The molecule has 1 saturated carbocycles. The number of fused-ring (bicyclic) bond motifs is 1. The topological polar surface area (TPSA) is 66.9 Å². The Morgan fingerprint density at radius 1 is 1.03 bits per heavy atom.